The van der Waals surface area contributed by atoms with Gasteiger partial charge in [-0.25, -0.2) is 22.7 Å². The number of amides is 2. The summed E-state index contributed by atoms with van der Waals surface area (Å²) in [6.45, 7) is 3.88. The number of rotatable bonds is 6. The van der Waals surface area contributed by atoms with E-state index in [0.29, 0.717) is 37.1 Å². The molecule has 1 aromatic carbocycles. The normalized spacial score (nSPS) is 28.3. The summed E-state index contributed by atoms with van der Waals surface area (Å²) < 4.78 is 26.2. The van der Waals surface area contributed by atoms with Crippen LogP contribution in [-0.2, 0) is 25.0 Å². The Bertz CT molecular complexity index is 1380. The molecule has 5 rings (SSSR count). The Morgan fingerprint density at radius 3 is 2.68 bits per heavy atom. The van der Waals surface area contributed by atoms with Gasteiger partial charge in [0.05, 0.1) is 28.2 Å². The number of aromatic nitrogens is 1. The Labute approximate surface area is 228 Å². The number of amidine groups is 1. The lowest BCUT2D eigenvalue weighted by Gasteiger charge is -2.37. The zero-order valence-corrected chi connectivity index (χ0v) is 22.8. The molecule has 1 aromatic heterocycles. The highest BCUT2D eigenvalue weighted by Gasteiger charge is 2.48. The minimum Gasteiger partial charge on any atom is -0.391 e. The van der Waals surface area contributed by atoms with E-state index in [9.17, 15) is 23.1 Å². The van der Waals surface area contributed by atoms with Gasteiger partial charge >= 0.3 is 0 Å². The highest BCUT2D eigenvalue weighted by Crippen LogP contribution is 2.35. The van der Waals surface area contributed by atoms with E-state index in [2.05, 4.69) is 10.3 Å². The molecule has 0 bridgehead atoms. The molecule has 2 amide bonds. The van der Waals surface area contributed by atoms with Gasteiger partial charge in [-0.3, -0.25) is 9.59 Å². The van der Waals surface area contributed by atoms with E-state index in [1.807, 2.05) is 31.2 Å². The highest BCUT2D eigenvalue weighted by atomic mass is 32.2. The van der Waals surface area contributed by atoms with Gasteiger partial charge in [0, 0.05) is 27.2 Å². The van der Waals surface area contributed by atoms with Crippen LogP contribution in [0.15, 0.2) is 34.8 Å². The maximum absolute atomic E-state index is 13.7. The Hall–Kier alpha value is -2.54. The maximum atomic E-state index is 13.7. The standard InChI is InChI=1S/C24H28B2N5O5S2/c1-14-20(37-13-27-14)15-6-8-16(9-7-15)24(2)23(34)28-21(29-24)19-11-17(32)12-30(19)22(33)18-5-3-4-10-31(18)38(35,36)26-25/h6-9,13,17-19,32H,3-5,10-12H2,1-2H3,(H,28,29,34)/t17-,18+,19?,24+/m1/s1. The van der Waals surface area contributed by atoms with Crippen LogP contribution in [0.5, 0.6) is 0 Å². The molecule has 2 saturated heterocycles. The topological polar surface area (TPSA) is 132 Å². The van der Waals surface area contributed by atoms with Crippen molar-refractivity contribution in [2.75, 3.05) is 13.1 Å². The lowest BCUT2D eigenvalue weighted by atomic mass is 9.79. The first-order chi connectivity index (χ1) is 18.0. The molecule has 10 nitrogen and oxygen atoms in total. The average Bonchev–Trinajstić information content (AvgIpc) is 3.60. The third-order valence-corrected chi connectivity index (χ3v) is 10.0. The predicted molar refractivity (Wildman–Crippen MR) is 146 cm³/mol. The minimum absolute atomic E-state index is 0.0225. The number of aliphatic hydroxyl groups excluding tert-OH is 1. The highest BCUT2D eigenvalue weighted by molar-refractivity contribution is 8.17. The lowest BCUT2D eigenvalue weighted by molar-refractivity contribution is -0.136. The van der Waals surface area contributed by atoms with Crippen molar-refractivity contribution in [1.82, 2.24) is 19.5 Å². The first kappa shape index (κ1) is 27.0. The third-order valence-electron chi connectivity index (χ3n) is 7.60. The molecule has 3 aliphatic heterocycles. The number of nitrogens with zero attached hydrogens (tertiary/aromatic N) is 4. The van der Waals surface area contributed by atoms with Gasteiger partial charge in [-0.2, -0.15) is 0 Å². The molecule has 2 N–H and O–H groups in total. The number of hydrogen-bond donors (Lipinski definition) is 2. The van der Waals surface area contributed by atoms with Gasteiger partial charge in [0.15, 0.2) is 5.54 Å². The molecule has 197 valence electrons. The quantitative estimate of drug-likeness (QED) is 0.508. The second-order valence-corrected chi connectivity index (χ2v) is 12.7. The van der Waals surface area contributed by atoms with Crippen molar-refractivity contribution < 1.29 is 23.1 Å². The summed E-state index contributed by atoms with van der Waals surface area (Å²) in [5.74, 6) is -0.463. The number of carbonyl (C=O) groups is 2. The molecule has 4 atom stereocenters. The fourth-order valence-corrected chi connectivity index (χ4v) is 7.38. The molecule has 4 heterocycles. The van der Waals surface area contributed by atoms with Gasteiger partial charge in [-0.15, -0.1) is 11.3 Å². The molecule has 0 saturated carbocycles. The van der Waals surface area contributed by atoms with Gasteiger partial charge < -0.3 is 15.3 Å². The van der Waals surface area contributed by atoms with Crippen LogP contribution in [0.2, 0.25) is 0 Å². The lowest BCUT2D eigenvalue weighted by Crippen LogP contribution is -2.56. The summed E-state index contributed by atoms with van der Waals surface area (Å²) in [6.07, 6.45) is 1.66. The van der Waals surface area contributed by atoms with Crippen molar-refractivity contribution in [3.05, 3.63) is 41.0 Å². The number of aliphatic hydroxyl groups is 1. The van der Waals surface area contributed by atoms with Crippen LogP contribution in [0.3, 0.4) is 0 Å². The number of likely N-dealkylation sites (tertiary alicyclic amines) is 1. The molecule has 0 spiro atoms. The number of carbonyl (C=O) groups excluding carboxylic acids is 2. The second kappa shape index (κ2) is 10.2. The maximum Gasteiger partial charge on any atom is 0.257 e. The Morgan fingerprint density at radius 1 is 1.29 bits per heavy atom. The van der Waals surface area contributed by atoms with Crippen molar-refractivity contribution in [3.63, 3.8) is 0 Å². The average molecular weight is 552 g/mol. The van der Waals surface area contributed by atoms with Crippen molar-refractivity contribution in [3.8, 4) is 10.4 Å². The number of aliphatic imine (C=N–C) groups is 1. The van der Waals surface area contributed by atoms with Crippen LogP contribution >= 0.6 is 11.3 Å². The van der Waals surface area contributed by atoms with Crippen LogP contribution in [-0.4, -0.2) is 90.8 Å². The molecule has 2 fully saturated rings. The molecule has 3 radical (unpaired) electrons. The summed E-state index contributed by atoms with van der Waals surface area (Å²) in [7, 11) is 1.45. The SMILES string of the molecule is [B][B]S(=O)(=O)N1CCCC[C@H]1C(=O)N1C[C@H](O)CC1C1=N[C@@](C)(c2ccc(-c3scnc3C)cc2)C(=O)N1. The number of thiazole rings is 1. The van der Waals surface area contributed by atoms with E-state index < -0.39 is 39.5 Å². The van der Waals surface area contributed by atoms with Crippen LogP contribution in [0.4, 0.5) is 0 Å². The molecule has 2 aromatic rings. The van der Waals surface area contributed by atoms with Crippen molar-refractivity contribution in [1.29, 1.82) is 0 Å². The Balaban J connectivity index is 1.42. The third kappa shape index (κ3) is 4.72. The summed E-state index contributed by atoms with van der Waals surface area (Å²) in [4.78, 5) is 38.4. The number of hydrogen-bond acceptors (Lipinski definition) is 8. The van der Waals surface area contributed by atoms with Crippen LogP contribution in [0.1, 0.15) is 43.9 Å². The van der Waals surface area contributed by atoms with Crippen LogP contribution in [0, 0.1) is 6.92 Å². The summed E-state index contributed by atoms with van der Waals surface area (Å²) in [6, 6.07) is 5.99. The van der Waals surface area contributed by atoms with E-state index in [-0.39, 0.29) is 25.4 Å². The zero-order chi connectivity index (χ0) is 27.2. The van der Waals surface area contributed by atoms with Gasteiger partial charge in [-0.1, -0.05) is 30.7 Å². The Morgan fingerprint density at radius 2 is 2.03 bits per heavy atom. The van der Waals surface area contributed by atoms with E-state index in [0.717, 1.165) is 20.4 Å². The summed E-state index contributed by atoms with van der Waals surface area (Å²) >= 11 is 1.55. The van der Waals surface area contributed by atoms with E-state index >= 15 is 0 Å². The summed E-state index contributed by atoms with van der Waals surface area (Å²) in [5.41, 5.74) is 3.20. The van der Waals surface area contributed by atoms with E-state index in [1.165, 1.54) is 4.90 Å². The number of β-amino-alcohol motifs (C(OH)–C–C–N with tert-alkyl or cyclic N) is 1. The first-order valence-corrected chi connectivity index (χ1v) is 14.9. The smallest absolute Gasteiger partial charge is 0.257 e. The van der Waals surface area contributed by atoms with Crippen LogP contribution < -0.4 is 5.32 Å². The fraction of sp³-hybridized carbons (Fsp3) is 0.500. The molecule has 3 aliphatic rings. The van der Waals surface area contributed by atoms with Gasteiger partial charge in [0.2, 0.25) is 12.4 Å². The van der Waals surface area contributed by atoms with E-state index in [1.54, 1.807) is 23.8 Å². The zero-order valence-electron chi connectivity index (χ0n) is 21.2. The van der Waals surface area contributed by atoms with Crippen LogP contribution in [0.25, 0.3) is 10.4 Å². The molecule has 0 aliphatic carbocycles. The number of nitrogens with one attached hydrogen (secondary N) is 1. The molecule has 14 heteroatoms. The first-order valence-electron chi connectivity index (χ1n) is 12.5. The van der Waals surface area contributed by atoms with Crippen molar-refractivity contribution in [2.24, 2.45) is 4.99 Å². The second-order valence-electron chi connectivity index (χ2n) is 10.1. The van der Waals surface area contributed by atoms with E-state index in [4.69, 9.17) is 12.7 Å². The van der Waals surface area contributed by atoms with Crippen molar-refractivity contribution in [2.45, 2.75) is 63.3 Å². The number of aryl methyl sites for hydroxylation is 1. The molecular formula is C24H28B2N5O5S2. The van der Waals surface area contributed by atoms with Gasteiger partial charge in [0.1, 0.15) is 21.8 Å². The van der Waals surface area contributed by atoms with Gasteiger partial charge in [0.25, 0.3) is 5.91 Å². The molecular weight excluding hydrogens is 524 g/mol. The predicted octanol–water partition coefficient (Wildman–Crippen LogP) is 0.711. The minimum atomic E-state index is -3.91. The monoisotopic (exact) mass is 552 g/mol. The molecule has 1 unspecified atom stereocenters. The largest absolute Gasteiger partial charge is 0.391 e. The number of piperidine rings is 1. The fourth-order valence-electron chi connectivity index (χ4n) is 5.48. The van der Waals surface area contributed by atoms with Crippen molar-refractivity contribution >= 4 is 53.0 Å². The number of benzene rings is 1. The van der Waals surface area contributed by atoms with Gasteiger partial charge in [-0.05, 0) is 37.8 Å². The Kier molecular flexibility index (Phi) is 7.27. The molecule has 38 heavy (non-hydrogen) atoms. The summed E-state index contributed by atoms with van der Waals surface area (Å²) in [5, 5.41) is 13.3.